The summed E-state index contributed by atoms with van der Waals surface area (Å²) in [4.78, 5) is 21.7. The van der Waals surface area contributed by atoms with Gasteiger partial charge in [0.25, 0.3) is 5.91 Å². The number of carbonyl (C=O) groups excluding carboxylic acids is 2. The van der Waals surface area contributed by atoms with Crippen LogP contribution in [-0.2, 0) is 4.79 Å². The Hall–Kier alpha value is -1.23. The van der Waals surface area contributed by atoms with E-state index >= 15 is 0 Å². The fourth-order valence-electron chi connectivity index (χ4n) is 0.741. The van der Waals surface area contributed by atoms with Crippen LogP contribution in [0.5, 0.6) is 0 Å². The van der Waals surface area contributed by atoms with Crippen LogP contribution in [0.4, 0.5) is 4.39 Å². The van der Waals surface area contributed by atoms with E-state index in [0.717, 1.165) is 11.3 Å². The molecule has 0 aliphatic heterocycles. The van der Waals surface area contributed by atoms with Gasteiger partial charge in [-0.05, 0) is 18.4 Å². The number of carbonyl (C=O) groups is 2. The van der Waals surface area contributed by atoms with Crippen molar-refractivity contribution in [3.8, 4) is 0 Å². The Labute approximate surface area is 78.6 Å². The number of nitrogens with one attached hydrogen (secondary N) is 1. The highest BCUT2D eigenvalue weighted by Gasteiger charge is 2.12. The van der Waals surface area contributed by atoms with Crippen molar-refractivity contribution in [1.29, 1.82) is 0 Å². The summed E-state index contributed by atoms with van der Waals surface area (Å²) >= 11 is 1.01. The van der Waals surface area contributed by atoms with Crippen molar-refractivity contribution in [1.82, 2.24) is 5.32 Å². The topological polar surface area (TPSA) is 46.2 Å². The van der Waals surface area contributed by atoms with Crippen LogP contribution in [0.2, 0.25) is 0 Å². The van der Waals surface area contributed by atoms with Crippen molar-refractivity contribution in [3.05, 3.63) is 22.1 Å². The van der Waals surface area contributed by atoms with Crippen LogP contribution in [0.15, 0.2) is 11.4 Å². The molecule has 0 aliphatic carbocycles. The Morgan fingerprint density at radius 3 is 2.77 bits per heavy atom. The summed E-state index contributed by atoms with van der Waals surface area (Å²) in [6.45, 7) is 1.29. The zero-order valence-electron chi connectivity index (χ0n) is 6.96. The molecular weight excluding hydrogens is 193 g/mol. The van der Waals surface area contributed by atoms with Gasteiger partial charge >= 0.3 is 0 Å². The maximum absolute atomic E-state index is 12.8. The Kier molecular flexibility index (Phi) is 3.13. The quantitative estimate of drug-likeness (QED) is 0.798. The van der Waals surface area contributed by atoms with E-state index in [2.05, 4.69) is 5.32 Å². The van der Waals surface area contributed by atoms with Crippen molar-refractivity contribution in [2.45, 2.75) is 6.92 Å². The van der Waals surface area contributed by atoms with Gasteiger partial charge in [-0.15, -0.1) is 11.3 Å². The third-order valence-electron chi connectivity index (χ3n) is 1.32. The standard InChI is InChI=1S/C8H8FNO2S/c1-5(11)4-10-8(12)7-6(9)2-3-13-7/h2-3H,4H2,1H3,(H,10,12). The fourth-order valence-corrected chi connectivity index (χ4v) is 1.42. The van der Waals surface area contributed by atoms with Crippen LogP contribution < -0.4 is 5.32 Å². The molecule has 1 aromatic heterocycles. The molecule has 0 spiro atoms. The maximum Gasteiger partial charge on any atom is 0.264 e. The molecule has 0 unspecified atom stereocenters. The number of ketones is 1. The van der Waals surface area contributed by atoms with Crippen LogP contribution in [0.3, 0.4) is 0 Å². The first-order chi connectivity index (χ1) is 6.11. The molecule has 5 heteroatoms. The number of halogens is 1. The summed E-state index contributed by atoms with van der Waals surface area (Å²) in [5, 5.41) is 3.79. The molecule has 0 radical (unpaired) electrons. The molecule has 1 heterocycles. The summed E-state index contributed by atoms with van der Waals surface area (Å²) in [5.74, 6) is -1.25. The van der Waals surface area contributed by atoms with E-state index in [0.29, 0.717) is 0 Å². The molecule has 1 aromatic rings. The first kappa shape index (κ1) is 9.85. The van der Waals surface area contributed by atoms with Gasteiger partial charge in [0, 0.05) is 0 Å². The molecule has 0 saturated carbocycles. The SMILES string of the molecule is CC(=O)CNC(=O)c1sccc1F. The molecule has 0 fully saturated rings. The smallest absolute Gasteiger partial charge is 0.264 e. The molecule has 1 amide bonds. The average Bonchev–Trinajstić information content (AvgIpc) is 2.47. The molecule has 0 bridgehead atoms. The summed E-state index contributed by atoms with van der Waals surface area (Å²) in [5.41, 5.74) is 0. The van der Waals surface area contributed by atoms with Gasteiger partial charge < -0.3 is 5.32 Å². The van der Waals surface area contributed by atoms with Gasteiger partial charge in [0.2, 0.25) is 0 Å². The second kappa shape index (κ2) is 4.13. The average molecular weight is 201 g/mol. The molecule has 0 saturated heterocycles. The van der Waals surface area contributed by atoms with Gasteiger partial charge in [-0.3, -0.25) is 9.59 Å². The molecule has 70 valence electrons. The van der Waals surface area contributed by atoms with Gasteiger partial charge in [0.15, 0.2) is 0 Å². The van der Waals surface area contributed by atoms with Crippen molar-refractivity contribution in [2.75, 3.05) is 6.54 Å². The highest BCUT2D eigenvalue weighted by molar-refractivity contribution is 7.12. The predicted octanol–water partition coefficient (Wildman–Crippen LogP) is 1.21. The minimum atomic E-state index is -0.550. The van der Waals surface area contributed by atoms with E-state index in [1.165, 1.54) is 18.4 Å². The van der Waals surface area contributed by atoms with Gasteiger partial charge in [0.05, 0.1) is 6.54 Å². The molecule has 3 nitrogen and oxygen atoms in total. The monoisotopic (exact) mass is 201 g/mol. The zero-order valence-corrected chi connectivity index (χ0v) is 7.78. The minimum Gasteiger partial charge on any atom is -0.344 e. The third kappa shape index (κ3) is 2.62. The van der Waals surface area contributed by atoms with Gasteiger partial charge in [-0.1, -0.05) is 0 Å². The first-order valence-corrected chi connectivity index (χ1v) is 4.50. The number of rotatable bonds is 3. The van der Waals surface area contributed by atoms with E-state index in [9.17, 15) is 14.0 Å². The van der Waals surface area contributed by atoms with E-state index in [-0.39, 0.29) is 17.2 Å². The van der Waals surface area contributed by atoms with E-state index in [4.69, 9.17) is 0 Å². The molecule has 0 atom stereocenters. The summed E-state index contributed by atoms with van der Waals surface area (Å²) in [6.07, 6.45) is 0. The van der Waals surface area contributed by atoms with Gasteiger partial charge in [0.1, 0.15) is 16.5 Å². The normalized spacial score (nSPS) is 9.69. The van der Waals surface area contributed by atoms with Crippen LogP contribution in [0, 0.1) is 5.82 Å². The van der Waals surface area contributed by atoms with Gasteiger partial charge in [-0.2, -0.15) is 0 Å². The molecule has 13 heavy (non-hydrogen) atoms. The van der Waals surface area contributed by atoms with Crippen molar-refractivity contribution >= 4 is 23.0 Å². The largest absolute Gasteiger partial charge is 0.344 e. The predicted molar refractivity (Wildman–Crippen MR) is 47.3 cm³/mol. The highest BCUT2D eigenvalue weighted by Crippen LogP contribution is 2.13. The lowest BCUT2D eigenvalue weighted by molar-refractivity contribution is -0.116. The van der Waals surface area contributed by atoms with E-state index < -0.39 is 11.7 Å². The van der Waals surface area contributed by atoms with E-state index in [1.807, 2.05) is 0 Å². The van der Waals surface area contributed by atoms with Crippen molar-refractivity contribution in [2.24, 2.45) is 0 Å². The summed E-state index contributed by atoms with van der Waals surface area (Å²) in [6, 6.07) is 1.22. The number of hydrogen-bond acceptors (Lipinski definition) is 3. The lowest BCUT2D eigenvalue weighted by Crippen LogP contribution is -2.28. The molecule has 0 aromatic carbocycles. The third-order valence-corrected chi connectivity index (χ3v) is 2.21. The molecular formula is C8H8FNO2S. The lowest BCUT2D eigenvalue weighted by Gasteiger charge is -1.99. The van der Waals surface area contributed by atoms with Crippen molar-refractivity contribution in [3.63, 3.8) is 0 Å². The molecule has 1 N–H and O–H groups in total. The van der Waals surface area contributed by atoms with Crippen LogP contribution in [0.1, 0.15) is 16.6 Å². The second-order valence-corrected chi connectivity index (χ2v) is 3.40. The number of thiophene rings is 1. The van der Waals surface area contributed by atoms with Crippen LogP contribution >= 0.6 is 11.3 Å². The van der Waals surface area contributed by atoms with Crippen LogP contribution in [-0.4, -0.2) is 18.2 Å². The number of amides is 1. The second-order valence-electron chi connectivity index (χ2n) is 2.48. The minimum absolute atomic E-state index is 0.0150. The summed E-state index contributed by atoms with van der Waals surface area (Å²) in [7, 11) is 0. The van der Waals surface area contributed by atoms with Gasteiger partial charge in [-0.25, -0.2) is 4.39 Å². The Morgan fingerprint density at radius 1 is 1.62 bits per heavy atom. The Morgan fingerprint density at radius 2 is 2.31 bits per heavy atom. The zero-order chi connectivity index (χ0) is 9.84. The number of Topliss-reactive ketones (excluding diaryl/α,β-unsaturated/α-hetero) is 1. The maximum atomic E-state index is 12.8. The van der Waals surface area contributed by atoms with E-state index in [1.54, 1.807) is 0 Å². The lowest BCUT2D eigenvalue weighted by atomic mass is 10.4. The highest BCUT2D eigenvalue weighted by atomic mass is 32.1. The first-order valence-electron chi connectivity index (χ1n) is 3.62. The Balaban J connectivity index is 2.59. The number of hydrogen-bond donors (Lipinski definition) is 1. The van der Waals surface area contributed by atoms with Crippen molar-refractivity contribution < 1.29 is 14.0 Å². The molecule has 1 rings (SSSR count). The van der Waals surface area contributed by atoms with Crippen LogP contribution in [0.25, 0.3) is 0 Å². The Bertz CT molecular complexity index is 335. The molecule has 0 aliphatic rings. The summed E-state index contributed by atoms with van der Waals surface area (Å²) < 4.78 is 12.8. The fraction of sp³-hybridized carbons (Fsp3) is 0.250.